The smallest absolute Gasteiger partial charge is 0.0180 e. The number of nitrogens with two attached hydrogens (primary N) is 1. The van der Waals surface area contributed by atoms with Crippen LogP contribution in [0.3, 0.4) is 0 Å². The summed E-state index contributed by atoms with van der Waals surface area (Å²) in [6, 6.07) is 9.39. The van der Waals surface area contributed by atoms with Crippen molar-refractivity contribution in [3.8, 4) is 0 Å². The first-order chi connectivity index (χ1) is 9.74. The van der Waals surface area contributed by atoms with Crippen LogP contribution in [0.15, 0.2) is 24.3 Å². The molecular formula is C18H30N2. The minimum absolute atomic E-state index is 0.654. The number of hydrogen-bond acceptors (Lipinski definition) is 2. The number of likely N-dealkylation sites (N-methyl/N-ethyl adjacent to an activating group) is 1. The highest BCUT2D eigenvalue weighted by Gasteiger charge is 2.22. The molecular weight excluding hydrogens is 244 g/mol. The van der Waals surface area contributed by atoms with Gasteiger partial charge in [0, 0.05) is 19.1 Å². The lowest BCUT2D eigenvalue weighted by Crippen LogP contribution is -2.36. The minimum Gasteiger partial charge on any atom is -0.326 e. The van der Waals surface area contributed by atoms with Crippen molar-refractivity contribution in [1.29, 1.82) is 0 Å². The first kappa shape index (κ1) is 15.5. The molecule has 0 radical (unpaired) electrons. The fourth-order valence-corrected chi connectivity index (χ4v) is 3.47. The second kappa shape index (κ2) is 7.80. The van der Waals surface area contributed by atoms with Gasteiger partial charge in [-0.15, -0.1) is 0 Å². The fraction of sp³-hybridized carbons (Fsp3) is 0.667. The highest BCUT2D eigenvalue weighted by Crippen LogP contribution is 2.29. The largest absolute Gasteiger partial charge is 0.326 e. The quantitative estimate of drug-likeness (QED) is 0.859. The summed E-state index contributed by atoms with van der Waals surface area (Å²) in [5.41, 5.74) is 8.54. The lowest BCUT2D eigenvalue weighted by molar-refractivity contribution is 0.165. The number of rotatable bonds is 6. The molecule has 112 valence electrons. The molecule has 2 nitrogen and oxygen atoms in total. The molecule has 0 amide bonds. The molecule has 0 heterocycles. The Kier molecular flexibility index (Phi) is 6.06. The van der Waals surface area contributed by atoms with Gasteiger partial charge in [0.15, 0.2) is 0 Å². The Morgan fingerprint density at radius 1 is 1.10 bits per heavy atom. The molecule has 2 heteroatoms. The Morgan fingerprint density at radius 3 is 2.35 bits per heavy atom. The molecule has 1 aliphatic carbocycles. The van der Waals surface area contributed by atoms with Crippen LogP contribution in [0, 0.1) is 5.92 Å². The van der Waals surface area contributed by atoms with E-state index < -0.39 is 0 Å². The maximum atomic E-state index is 5.82. The topological polar surface area (TPSA) is 29.3 Å². The Labute approximate surface area is 124 Å². The van der Waals surface area contributed by atoms with Gasteiger partial charge in [0.25, 0.3) is 0 Å². The van der Waals surface area contributed by atoms with Gasteiger partial charge in [0.1, 0.15) is 0 Å². The molecule has 0 saturated heterocycles. The van der Waals surface area contributed by atoms with E-state index >= 15 is 0 Å². The average Bonchev–Trinajstić information content (AvgIpc) is 2.53. The van der Waals surface area contributed by atoms with Gasteiger partial charge in [0.05, 0.1) is 0 Å². The number of nitrogens with zero attached hydrogens (tertiary/aromatic N) is 1. The molecule has 0 bridgehead atoms. The molecule has 2 rings (SSSR count). The lowest BCUT2D eigenvalue weighted by atomic mass is 9.84. The Hall–Kier alpha value is -0.860. The Balaban J connectivity index is 1.82. The van der Waals surface area contributed by atoms with Crippen LogP contribution in [0.1, 0.15) is 50.2 Å². The fourth-order valence-electron chi connectivity index (χ4n) is 3.47. The van der Waals surface area contributed by atoms with Gasteiger partial charge < -0.3 is 10.6 Å². The van der Waals surface area contributed by atoms with Crippen LogP contribution < -0.4 is 5.73 Å². The lowest BCUT2D eigenvalue weighted by Gasteiger charge is -2.34. The predicted molar refractivity (Wildman–Crippen MR) is 86.7 cm³/mol. The molecule has 0 atom stereocenters. The van der Waals surface area contributed by atoms with Gasteiger partial charge in [-0.3, -0.25) is 0 Å². The van der Waals surface area contributed by atoms with Gasteiger partial charge in [-0.25, -0.2) is 0 Å². The molecule has 0 unspecified atom stereocenters. The molecule has 1 fully saturated rings. The molecule has 1 aromatic carbocycles. The van der Waals surface area contributed by atoms with E-state index in [9.17, 15) is 0 Å². The monoisotopic (exact) mass is 274 g/mol. The van der Waals surface area contributed by atoms with Crippen molar-refractivity contribution in [1.82, 2.24) is 4.90 Å². The minimum atomic E-state index is 0.654. The molecule has 20 heavy (non-hydrogen) atoms. The van der Waals surface area contributed by atoms with Crippen LogP contribution in [-0.2, 0) is 13.0 Å². The first-order valence-corrected chi connectivity index (χ1v) is 8.21. The van der Waals surface area contributed by atoms with Crippen LogP contribution in [0.5, 0.6) is 0 Å². The van der Waals surface area contributed by atoms with E-state index in [2.05, 4.69) is 43.1 Å². The van der Waals surface area contributed by atoms with Crippen molar-refractivity contribution in [2.75, 3.05) is 13.6 Å². The van der Waals surface area contributed by atoms with Gasteiger partial charge in [0.2, 0.25) is 0 Å². The van der Waals surface area contributed by atoms with Gasteiger partial charge >= 0.3 is 0 Å². The van der Waals surface area contributed by atoms with Gasteiger partial charge in [-0.1, -0.05) is 37.6 Å². The zero-order valence-corrected chi connectivity index (χ0v) is 13.1. The molecule has 0 aromatic heterocycles. The zero-order chi connectivity index (χ0) is 14.4. The molecule has 1 aliphatic rings. The van der Waals surface area contributed by atoms with Crippen LogP contribution >= 0.6 is 0 Å². The average molecular weight is 274 g/mol. The molecule has 1 saturated carbocycles. The highest BCUT2D eigenvalue weighted by atomic mass is 15.1. The van der Waals surface area contributed by atoms with Crippen LogP contribution in [0.2, 0.25) is 0 Å². The predicted octanol–water partition coefficient (Wildman–Crippen LogP) is 3.59. The van der Waals surface area contributed by atoms with E-state index in [1.165, 1.54) is 43.2 Å². The number of hydrogen-bond donors (Lipinski definition) is 1. The molecule has 1 aromatic rings. The van der Waals surface area contributed by atoms with E-state index in [-0.39, 0.29) is 0 Å². The summed E-state index contributed by atoms with van der Waals surface area (Å²) in [5.74, 6) is 0.984. The maximum Gasteiger partial charge on any atom is 0.0180 e. The third kappa shape index (κ3) is 4.07. The molecule has 0 aliphatic heterocycles. The third-order valence-electron chi connectivity index (χ3n) is 5.09. The second-order valence-corrected chi connectivity index (χ2v) is 6.29. The van der Waals surface area contributed by atoms with Crippen molar-refractivity contribution in [2.24, 2.45) is 11.7 Å². The standard InChI is InChI=1S/C18H30N2/c1-3-15-8-10-18(11-9-15)20(2)13-12-16-6-4-5-7-17(16)14-19/h4-7,15,18H,3,8-14,19H2,1-2H3. The van der Waals surface area contributed by atoms with Crippen molar-refractivity contribution < 1.29 is 0 Å². The highest BCUT2D eigenvalue weighted by molar-refractivity contribution is 5.27. The second-order valence-electron chi connectivity index (χ2n) is 6.29. The molecule has 2 N–H and O–H groups in total. The summed E-state index contributed by atoms with van der Waals surface area (Å²) in [7, 11) is 2.29. The van der Waals surface area contributed by atoms with Gasteiger partial charge in [-0.05, 0) is 56.2 Å². The van der Waals surface area contributed by atoms with Crippen molar-refractivity contribution in [2.45, 2.75) is 58.0 Å². The zero-order valence-electron chi connectivity index (χ0n) is 13.1. The summed E-state index contributed by atoms with van der Waals surface area (Å²) in [6.07, 6.45) is 8.09. The SMILES string of the molecule is CCC1CCC(N(C)CCc2ccccc2CN)CC1. The Morgan fingerprint density at radius 2 is 1.75 bits per heavy atom. The summed E-state index contributed by atoms with van der Waals surface area (Å²) in [4.78, 5) is 2.57. The summed E-state index contributed by atoms with van der Waals surface area (Å²) in [6.45, 7) is 4.14. The summed E-state index contributed by atoms with van der Waals surface area (Å²) >= 11 is 0. The van der Waals surface area contributed by atoms with Crippen LogP contribution in [-0.4, -0.2) is 24.5 Å². The summed E-state index contributed by atoms with van der Waals surface area (Å²) < 4.78 is 0. The van der Waals surface area contributed by atoms with E-state index in [1.807, 2.05) is 0 Å². The van der Waals surface area contributed by atoms with E-state index in [1.54, 1.807) is 0 Å². The van der Waals surface area contributed by atoms with E-state index in [4.69, 9.17) is 5.73 Å². The first-order valence-electron chi connectivity index (χ1n) is 8.21. The maximum absolute atomic E-state index is 5.82. The van der Waals surface area contributed by atoms with Crippen molar-refractivity contribution in [3.63, 3.8) is 0 Å². The normalized spacial score (nSPS) is 23.2. The number of benzene rings is 1. The summed E-state index contributed by atoms with van der Waals surface area (Å²) in [5, 5.41) is 0. The van der Waals surface area contributed by atoms with Crippen LogP contribution in [0.4, 0.5) is 0 Å². The Bertz CT molecular complexity index is 394. The van der Waals surface area contributed by atoms with Crippen molar-refractivity contribution >= 4 is 0 Å². The van der Waals surface area contributed by atoms with Gasteiger partial charge in [-0.2, -0.15) is 0 Å². The van der Waals surface area contributed by atoms with Crippen LogP contribution in [0.25, 0.3) is 0 Å². The van der Waals surface area contributed by atoms with Crippen molar-refractivity contribution in [3.05, 3.63) is 35.4 Å². The van der Waals surface area contributed by atoms with E-state index in [0.29, 0.717) is 6.54 Å². The third-order valence-corrected chi connectivity index (χ3v) is 5.09. The van der Waals surface area contributed by atoms with E-state index in [0.717, 1.165) is 24.9 Å². The molecule has 0 spiro atoms.